The number of allylic oxidation sites excluding steroid dienone is 1. The average molecular weight is 189 g/mol. The van der Waals surface area contributed by atoms with Gasteiger partial charge in [-0.15, -0.1) is 0 Å². The molecule has 0 heterocycles. The summed E-state index contributed by atoms with van der Waals surface area (Å²) in [5, 5.41) is 0. The van der Waals surface area contributed by atoms with Gasteiger partial charge in [0.15, 0.2) is 6.29 Å². The topological polar surface area (TPSA) is 20.3 Å². The van der Waals surface area contributed by atoms with Crippen LogP contribution in [0.5, 0.6) is 0 Å². The fourth-order valence-electron chi connectivity index (χ4n) is 1.20. The summed E-state index contributed by atoms with van der Waals surface area (Å²) < 4.78 is 0. The highest BCUT2D eigenvalue weighted by Crippen LogP contribution is 2.13. The van der Waals surface area contributed by atoms with E-state index in [4.69, 9.17) is 0 Å². The second-order valence-corrected chi connectivity index (χ2v) is 3.53. The van der Waals surface area contributed by atoms with Crippen molar-refractivity contribution in [1.82, 2.24) is 4.90 Å². The minimum atomic E-state index is 0.704. The van der Waals surface area contributed by atoms with Crippen molar-refractivity contribution in [2.45, 2.75) is 6.92 Å². The van der Waals surface area contributed by atoms with Gasteiger partial charge >= 0.3 is 0 Å². The van der Waals surface area contributed by atoms with Gasteiger partial charge in [-0.3, -0.25) is 4.79 Å². The van der Waals surface area contributed by atoms with E-state index in [0.29, 0.717) is 5.57 Å². The van der Waals surface area contributed by atoms with E-state index < -0.39 is 0 Å². The van der Waals surface area contributed by atoms with E-state index in [1.807, 2.05) is 56.4 Å². The van der Waals surface area contributed by atoms with Crippen LogP contribution in [0.2, 0.25) is 0 Å². The lowest BCUT2D eigenvalue weighted by molar-refractivity contribution is -0.103. The van der Waals surface area contributed by atoms with Crippen molar-refractivity contribution in [1.29, 1.82) is 0 Å². The van der Waals surface area contributed by atoms with E-state index in [1.54, 1.807) is 0 Å². The first-order valence-corrected chi connectivity index (χ1v) is 4.54. The van der Waals surface area contributed by atoms with Gasteiger partial charge in [0.05, 0.1) is 0 Å². The SMILES string of the molecule is Cc1ccc(/C(C=O)=C/N(C)C)cc1. The number of carbonyl (C=O) groups is 1. The number of aryl methyl sites for hydroxylation is 1. The molecule has 2 heteroatoms. The van der Waals surface area contributed by atoms with Crippen LogP contribution in [0.3, 0.4) is 0 Å². The molecule has 0 saturated carbocycles. The zero-order valence-corrected chi connectivity index (χ0v) is 8.82. The Labute approximate surface area is 84.9 Å². The molecule has 1 aromatic carbocycles. The molecule has 0 aliphatic rings. The van der Waals surface area contributed by atoms with E-state index >= 15 is 0 Å². The molecule has 1 aromatic rings. The standard InChI is InChI=1S/C12H15NO/c1-10-4-6-11(7-5-10)12(9-14)8-13(2)3/h4-9H,1-3H3/b12-8+. The van der Waals surface area contributed by atoms with Gasteiger partial charge in [0.1, 0.15) is 0 Å². The van der Waals surface area contributed by atoms with Crippen LogP contribution in [0, 0.1) is 6.92 Å². The van der Waals surface area contributed by atoms with Crippen LogP contribution in [0.15, 0.2) is 30.5 Å². The molecule has 0 amide bonds. The molecule has 1 rings (SSSR count). The minimum Gasteiger partial charge on any atom is -0.383 e. The van der Waals surface area contributed by atoms with Crippen LogP contribution in [0.4, 0.5) is 0 Å². The van der Waals surface area contributed by atoms with Crippen LogP contribution < -0.4 is 0 Å². The van der Waals surface area contributed by atoms with Crippen LogP contribution in [0.1, 0.15) is 11.1 Å². The summed E-state index contributed by atoms with van der Waals surface area (Å²) in [7, 11) is 3.80. The maximum absolute atomic E-state index is 10.8. The first-order valence-electron chi connectivity index (χ1n) is 4.54. The van der Waals surface area contributed by atoms with E-state index in [1.165, 1.54) is 5.56 Å². The van der Waals surface area contributed by atoms with Crippen molar-refractivity contribution in [3.8, 4) is 0 Å². The van der Waals surface area contributed by atoms with Gasteiger partial charge in [-0.25, -0.2) is 0 Å². The Morgan fingerprint density at radius 2 is 1.79 bits per heavy atom. The van der Waals surface area contributed by atoms with Gasteiger partial charge in [0.25, 0.3) is 0 Å². The van der Waals surface area contributed by atoms with Gasteiger partial charge in [0, 0.05) is 25.9 Å². The lowest BCUT2D eigenvalue weighted by Crippen LogP contribution is -2.03. The van der Waals surface area contributed by atoms with E-state index in [0.717, 1.165) is 11.8 Å². The Hall–Kier alpha value is -1.57. The average Bonchev–Trinajstić information content (AvgIpc) is 2.15. The zero-order valence-electron chi connectivity index (χ0n) is 8.82. The summed E-state index contributed by atoms with van der Waals surface area (Å²) in [6, 6.07) is 7.92. The Bertz CT molecular complexity index is 336. The molecular formula is C12H15NO. The Kier molecular flexibility index (Phi) is 3.46. The first kappa shape index (κ1) is 10.5. The van der Waals surface area contributed by atoms with Crippen molar-refractivity contribution in [2.24, 2.45) is 0 Å². The molecule has 0 radical (unpaired) electrons. The van der Waals surface area contributed by atoms with Crippen molar-refractivity contribution in [2.75, 3.05) is 14.1 Å². The quantitative estimate of drug-likeness (QED) is 0.536. The Balaban J connectivity index is 3.01. The molecule has 0 atom stereocenters. The Morgan fingerprint density at radius 3 is 2.21 bits per heavy atom. The smallest absolute Gasteiger partial charge is 0.152 e. The number of carbonyl (C=O) groups excluding carboxylic acids is 1. The Morgan fingerprint density at radius 1 is 1.21 bits per heavy atom. The molecule has 0 aliphatic heterocycles. The molecule has 0 aromatic heterocycles. The molecule has 0 unspecified atom stereocenters. The molecule has 0 saturated heterocycles. The number of nitrogens with zero attached hydrogens (tertiary/aromatic N) is 1. The zero-order chi connectivity index (χ0) is 10.6. The fraction of sp³-hybridized carbons (Fsp3) is 0.250. The summed E-state index contributed by atoms with van der Waals surface area (Å²) in [5.41, 5.74) is 2.86. The predicted octanol–water partition coefficient (Wildman–Crippen LogP) is 2.10. The van der Waals surface area contributed by atoms with E-state index in [9.17, 15) is 4.79 Å². The van der Waals surface area contributed by atoms with E-state index in [2.05, 4.69) is 0 Å². The van der Waals surface area contributed by atoms with Crippen molar-refractivity contribution in [3.63, 3.8) is 0 Å². The van der Waals surface area contributed by atoms with Crippen molar-refractivity contribution < 1.29 is 4.79 Å². The largest absolute Gasteiger partial charge is 0.383 e. The van der Waals surface area contributed by atoms with Gasteiger partial charge in [-0.1, -0.05) is 29.8 Å². The summed E-state index contributed by atoms with van der Waals surface area (Å²) in [4.78, 5) is 12.7. The van der Waals surface area contributed by atoms with Gasteiger partial charge in [-0.2, -0.15) is 0 Å². The molecule has 0 aliphatic carbocycles. The highest BCUT2D eigenvalue weighted by Gasteiger charge is 1.99. The van der Waals surface area contributed by atoms with Crippen molar-refractivity contribution in [3.05, 3.63) is 41.6 Å². The second kappa shape index (κ2) is 4.61. The highest BCUT2D eigenvalue weighted by molar-refractivity contribution is 6.06. The first-order chi connectivity index (χ1) is 6.63. The minimum absolute atomic E-state index is 0.704. The maximum Gasteiger partial charge on any atom is 0.152 e. The highest BCUT2D eigenvalue weighted by atomic mass is 16.1. The summed E-state index contributed by atoms with van der Waals surface area (Å²) >= 11 is 0. The normalized spacial score (nSPS) is 11.2. The number of rotatable bonds is 3. The lowest BCUT2D eigenvalue weighted by Gasteiger charge is -2.07. The molecular weight excluding hydrogens is 174 g/mol. The van der Waals surface area contributed by atoms with Crippen LogP contribution in [-0.2, 0) is 4.79 Å². The monoisotopic (exact) mass is 189 g/mol. The predicted molar refractivity (Wildman–Crippen MR) is 58.9 cm³/mol. The molecule has 0 N–H and O–H groups in total. The second-order valence-electron chi connectivity index (χ2n) is 3.53. The number of benzene rings is 1. The molecule has 74 valence electrons. The molecule has 14 heavy (non-hydrogen) atoms. The van der Waals surface area contributed by atoms with Gasteiger partial charge in [-0.05, 0) is 12.5 Å². The molecule has 0 bridgehead atoms. The van der Waals surface area contributed by atoms with Crippen LogP contribution in [0.25, 0.3) is 5.57 Å². The summed E-state index contributed by atoms with van der Waals surface area (Å²) in [6.45, 7) is 2.03. The number of hydrogen-bond donors (Lipinski definition) is 0. The van der Waals surface area contributed by atoms with Gasteiger partial charge in [0.2, 0.25) is 0 Å². The third kappa shape index (κ3) is 2.73. The maximum atomic E-state index is 10.8. The lowest BCUT2D eigenvalue weighted by atomic mass is 10.1. The van der Waals surface area contributed by atoms with E-state index in [-0.39, 0.29) is 0 Å². The molecule has 0 fully saturated rings. The number of hydrogen-bond acceptors (Lipinski definition) is 2. The fourth-order valence-corrected chi connectivity index (χ4v) is 1.20. The molecule has 2 nitrogen and oxygen atoms in total. The third-order valence-corrected chi connectivity index (χ3v) is 1.91. The van der Waals surface area contributed by atoms with Crippen LogP contribution >= 0.6 is 0 Å². The molecule has 0 spiro atoms. The summed E-state index contributed by atoms with van der Waals surface area (Å²) in [5.74, 6) is 0. The third-order valence-electron chi connectivity index (χ3n) is 1.91. The van der Waals surface area contributed by atoms with Gasteiger partial charge < -0.3 is 4.90 Å². The number of aldehydes is 1. The van der Waals surface area contributed by atoms with Crippen LogP contribution in [-0.4, -0.2) is 25.3 Å². The van der Waals surface area contributed by atoms with Crippen molar-refractivity contribution >= 4 is 11.9 Å². The summed E-state index contributed by atoms with van der Waals surface area (Å²) in [6.07, 6.45) is 2.70.